The molecule has 0 amide bonds. The Hall–Kier alpha value is -2.75. The maximum Gasteiger partial charge on any atom is 0.313 e. The van der Waals surface area contributed by atoms with Crippen LogP contribution in [0.5, 0.6) is 0 Å². The average molecular weight is 278 g/mol. The van der Waals surface area contributed by atoms with Gasteiger partial charge >= 0.3 is 5.97 Å². The number of para-hydroxylation sites is 1. The van der Waals surface area contributed by atoms with E-state index in [1.165, 1.54) is 7.11 Å². The quantitative estimate of drug-likeness (QED) is 0.691. The third-order valence-electron chi connectivity index (χ3n) is 3.23. The fourth-order valence-electron chi connectivity index (χ4n) is 2.22. The summed E-state index contributed by atoms with van der Waals surface area (Å²) < 4.78 is 4.69. The zero-order valence-electron chi connectivity index (χ0n) is 11.6. The van der Waals surface area contributed by atoms with Gasteiger partial charge in [0.15, 0.2) is 0 Å². The molecule has 4 nitrogen and oxygen atoms in total. The van der Waals surface area contributed by atoms with E-state index in [9.17, 15) is 4.79 Å². The summed E-state index contributed by atoms with van der Waals surface area (Å²) in [6.45, 7) is 0. The van der Waals surface area contributed by atoms with Crippen LogP contribution < -0.4 is 0 Å². The number of nitrogens with zero attached hydrogens (tertiary/aromatic N) is 2. The summed E-state index contributed by atoms with van der Waals surface area (Å²) in [5.41, 5.74) is 2.66. The molecule has 1 aromatic heterocycles. The van der Waals surface area contributed by atoms with E-state index in [2.05, 4.69) is 9.97 Å². The largest absolute Gasteiger partial charge is 0.469 e. The molecule has 0 atom stereocenters. The van der Waals surface area contributed by atoms with Gasteiger partial charge in [-0.05, 0) is 6.07 Å². The van der Waals surface area contributed by atoms with E-state index in [1.807, 2.05) is 54.6 Å². The highest BCUT2D eigenvalue weighted by Gasteiger charge is 2.12. The minimum atomic E-state index is -0.343. The van der Waals surface area contributed by atoms with Crippen molar-refractivity contribution in [3.8, 4) is 11.3 Å². The normalized spacial score (nSPS) is 10.5. The van der Waals surface area contributed by atoms with Gasteiger partial charge in [0.1, 0.15) is 12.2 Å². The molecule has 0 radical (unpaired) electrons. The predicted molar refractivity (Wildman–Crippen MR) is 80.7 cm³/mol. The number of aromatic nitrogens is 2. The minimum absolute atomic E-state index is 0.0706. The van der Waals surface area contributed by atoms with Crippen LogP contribution in [0.2, 0.25) is 0 Å². The molecule has 104 valence electrons. The van der Waals surface area contributed by atoms with Crippen molar-refractivity contribution < 1.29 is 9.53 Å². The maximum atomic E-state index is 11.5. The second-order valence-corrected chi connectivity index (χ2v) is 4.62. The summed E-state index contributed by atoms with van der Waals surface area (Å²) in [6.07, 6.45) is 0.0706. The minimum Gasteiger partial charge on any atom is -0.469 e. The van der Waals surface area contributed by atoms with Gasteiger partial charge in [-0.3, -0.25) is 4.79 Å². The maximum absolute atomic E-state index is 11.5. The lowest BCUT2D eigenvalue weighted by Crippen LogP contribution is -2.09. The Bertz CT molecular complexity index is 785. The molecule has 0 spiro atoms. The topological polar surface area (TPSA) is 52.1 Å². The van der Waals surface area contributed by atoms with Crippen molar-refractivity contribution in [3.63, 3.8) is 0 Å². The summed E-state index contributed by atoms with van der Waals surface area (Å²) >= 11 is 0. The third-order valence-corrected chi connectivity index (χ3v) is 3.23. The molecule has 0 saturated heterocycles. The molecule has 2 aromatic carbocycles. The molecular formula is C17H14N2O2. The van der Waals surface area contributed by atoms with Crippen LogP contribution in [0.1, 0.15) is 5.82 Å². The number of hydrogen-bond acceptors (Lipinski definition) is 4. The number of fused-ring (bicyclic) bond motifs is 1. The zero-order chi connectivity index (χ0) is 14.7. The van der Waals surface area contributed by atoms with Crippen LogP contribution in [0.25, 0.3) is 22.2 Å². The molecule has 21 heavy (non-hydrogen) atoms. The van der Waals surface area contributed by atoms with Gasteiger partial charge < -0.3 is 4.74 Å². The van der Waals surface area contributed by atoms with Gasteiger partial charge in [-0.25, -0.2) is 9.97 Å². The number of esters is 1. The molecule has 0 saturated carbocycles. The van der Waals surface area contributed by atoms with Gasteiger partial charge in [-0.1, -0.05) is 48.5 Å². The van der Waals surface area contributed by atoms with Crippen LogP contribution in [0.3, 0.4) is 0 Å². The van der Waals surface area contributed by atoms with Gasteiger partial charge in [0.05, 0.1) is 18.3 Å². The van der Waals surface area contributed by atoms with E-state index in [1.54, 1.807) is 0 Å². The highest BCUT2D eigenvalue weighted by Crippen LogP contribution is 2.25. The molecule has 0 aliphatic rings. The van der Waals surface area contributed by atoms with Crippen LogP contribution >= 0.6 is 0 Å². The monoisotopic (exact) mass is 278 g/mol. The fraction of sp³-hybridized carbons (Fsp3) is 0.118. The van der Waals surface area contributed by atoms with Gasteiger partial charge in [-0.2, -0.15) is 0 Å². The van der Waals surface area contributed by atoms with Crippen LogP contribution in [-0.4, -0.2) is 23.0 Å². The van der Waals surface area contributed by atoms with Crippen molar-refractivity contribution in [1.29, 1.82) is 0 Å². The number of hydrogen-bond donors (Lipinski definition) is 0. The molecule has 3 rings (SSSR count). The van der Waals surface area contributed by atoms with Gasteiger partial charge in [0.2, 0.25) is 0 Å². The third kappa shape index (κ3) is 2.74. The van der Waals surface area contributed by atoms with Crippen molar-refractivity contribution in [2.75, 3.05) is 7.11 Å². The number of carbonyl (C=O) groups is 1. The first kappa shape index (κ1) is 13.2. The van der Waals surface area contributed by atoms with Crippen LogP contribution in [0.4, 0.5) is 0 Å². The number of methoxy groups -OCH3 is 1. The number of benzene rings is 2. The first-order valence-corrected chi connectivity index (χ1v) is 6.66. The van der Waals surface area contributed by atoms with E-state index in [0.29, 0.717) is 5.82 Å². The van der Waals surface area contributed by atoms with Crippen LogP contribution in [0, 0.1) is 0 Å². The van der Waals surface area contributed by atoms with E-state index < -0.39 is 0 Å². The highest BCUT2D eigenvalue weighted by molar-refractivity contribution is 5.92. The standard InChI is InChI=1S/C17H14N2O2/c1-21-16(20)11-15-18-14-10-6-5-9-13(14)17(19-15)12-7-3-2-4-8-12/h2-10H,11H2,1H3. The van der Waals surface area contributed by atoms with E-state index >= 15 is 0 Å². The Labute approximate surface area is 122 Å². The van der Waals surface area contributed by atoms with Crippen LogP contribution in [0.15, 0.2) is 54.6 Å². The molecule has 4 heteroatoms. The molecular weight excluding hydrogens is 264 g/mol. The zero-order valence-corrected chi connectivity index (χ0v) is 11.6. The van der Waals surface area contributed by atoms with Gasteiger partial charge in [0, 0.05) is 10.9 Å². The number of ether oxygens (including phenoxy) is 1. The SMILES string of the molecule is COC(=O)Cc1nc(-c2ccccc2)c2ccccc2n1. The van der Waals surface area contributed by atoms with Crippen molar-refractivity contribution in [1.82, 2.24) is 9.97 Å². The lowest BCUT2D eigenvalue weighted by Gasteiger charge is -2.08. The smallest absolute Gasteiger partial charge is 0.313 e. The Morgan fingerprint density at radius 1 is 1.00 bits per heavy atom. The van der Waals surface area contributed by atoms with E-state index in [4.69, 9.17) is 4.74 Å². The molecule has 1 heterocycles. The molecule has 0 unspecified atom stereocenters. The molecule has 0 bridgehead atoms. The summed E-state index contributed by atoms with van der Waals surface area (Å²) in [5, 5.41) is 0.970. The first-order valence-electron chi connectivity index (χ1n) is 6.66. The average Bonchev–Trinajstić information content (AvgIpc) is 2.55. The molecule has 0 aliphatic carbocycles. The molecule has 0 N–H and O–H groups in total. The Morgan fingerprint density at radius 2 is 1.71 bits per heavy atom. The summed E-state index contributed by atoms with van der Waals surface area (Å²) in [4.78, 5) is 20.4. The molecule has 0 fully saturated rings. The molecule has 3 aromatic rings. The first-order chi connectivity index (χ1) is 10.3. The van der Waals surface area contributed by atoms with Crippen molar-refractivity contribution in [2.24, 2.45) is 0 Å². The Kier molecular flexibility index (Phi) is 3.60. The summed E-state index contributed by atoms with van der Waals surface area (Å²) in [6, 6.07) is 17.7. The van der Waals surface area contributed by atoms with Crippen LogP contribution in [-0.2, 0) is 16.0 Å². The fourth-order valence-corrected chi connectivity index (χ4v) is 2.22. The second-order valence-electron chi connectivity index (χ2n) is 4.62. The van der Waals surface area contributed by atoms with Crippen molar-refractivity contribution >= 4 is 16.9 Å². The summed E-state index contributed by atoms with van der Waals surface area (Å²) in [5.74, 6) is 0.128. The lowest BCUT2D eigenvalue weighted by molar-refractivity contribution is -0.139. The molecule has 0 aliphatic heterocycles. The van der Waals surface area contributed by atoms with E-state index in [0.717, 1.165) is 22.2 Å². The predicted octanol–water partition coefficient (Wildman–Crippen LogP) is 3.01. The number of carbonyl (C=O) groups excluding carboxylic acids is 1. The van der Waals surface area contributed by atoms with Crippen molar-refractivity contribution in [3.05, 3.63) is 60.4 Å². The Balaban J connectivity index is 2.19. The number of rotatable bonds is 3. The van der Waals surface area contributed by atoms with Gasteiger partial charge in [-0.15, -0.1) is 0 Å². The Morgan fingerprint density at radius 3 is 2.48 bits per heavy atom. The highest BCUT2D eigenvalue weighted by atomic mass is 16.5. The lowest BCUT2D eigenvalue weighted by atomic mass is 10.1. The summed E-state index contributed by atoms with van der Waals surface area (Å²) in [7, 11) is 1.36. The second kappa shape index (κ2) is 5.71. The van der Waals surface area contributed by atoms with Gasteiger partial charge in [0.25, 0.3) is 0 Å². The van der Waals surface area contributed by atoms with Crippen molar-refractivity contribution in [2.45, 2.75) is 6.42 Å². The van der Waals surface area contributed by atoms with E-state index in [-0.39, 0.29) is 12.4 Å².